The Kier molecular flexibility index (Phi) is 5.42. The summed E-state index contributed by atoms with van der Waals surface area (Å²) in [4.78, 5) is 0. The SMILES string of the molecule is Cc1cc2c(cc1C(C)Oc1ccc(C(C)C)cc1)C(C)(C)CC(C)C2(C)C. The summed E-state index contributed by atoms with van der Waals surface area (Å²) in [6.07, 6.45) is 1.26. The zero-order chi connectivity index (χ0) is 20.9. The summed E-state index contributed by atoms with van der Waals surface area (Å²) >= 11 is 0. The van der Waals surface area contributed by atoms with E-state index in [4.69, 9.17) is 4.74 Å². The van der Waals surface area contributed by atoms with Crippen LogP contribution in [0.25, 0.3) is 0 Å². The van der Waals surface area contributed by atoms with Crippen molar-refractivity contribution in [3.63, 3.8) is 0 Å². The lowest BCUT2D eigenvalue weighted by molar-refractivity contribution is 0.220. The Balaban J connectivity index is 1.95. The molecule has 2 unspecified atom stereocenters. The number of rotatable bonds is 4. The van der Waals surface area contributed by atoms with Crippen LogP contribution in [0.3, 0.4) is 0 Å². The minimum Gasteiger partial charge on any atom is -0.486 e. The van der Waals surface area contributed by atoms with Gasteiger partial charge in [0.25, 0.3) is 0 Å². The summed E-state index contributed by atoms with van der Waals surface area (Å²) < 4.78 is 6.35. The van der Waals surface area contributed by atoms with Crippen molar-refractivity contribution in [3.05, 3.63) is 64.2 Å². The molecule has 1 heteroatoms. The first-order chi connectivity index (χ1) is 12.9. The van der Waals surface area contributed by atoms with E-state index in [1.807, 2.05) is 0 Å². The van der Waals surface area contributed by atoms with Crippen LogP contribution in [0, 0.1) is 12.8 Å². The van der Waals surface area contributed by atoms with Gasteiger partial charge in [0.05, 0.1) is 0 Å². The van der Waals surface area contributed by atoms with Gasteiger partial charge in [0, 0.05) is 0 Å². The average molecular weight is 379 g/mol. The molecule has 28 heavy (non-hydrogen) atoms. The summed E-state index contributed by atoms with van der Waals surface area (Å²) in [5.74, 6) is 2.16. The smallest absolute Gasteiger partial charge is 0.121 e. The van der Waals surface area contributed by atoms with Gasteiger partial charge in [-0.05, 0) is 82.9 Å². The van der Waals surface area contributed by atoms with Gasteiger partial charge in [-0.3, -0.25) is 0 Å². The Morgan fingerprint density at radius 2 is 1.54 bits per heavy atom. The minimum atomic E-state index is 0.0356. The van der Waals surface area contributed by atoms with E-state index in [1.165, 1.54) is 34.2 Å². The molecule has 0 fully saturated rings. The maximum absolute atomic E-state index is 6.35. The molecule has 0 saturated carbocycles. The zero-order valence-electron chi connectivity index (χ0n) is 19.3. The van der Waals surface area contributed by atoms with E-state index >= 15 is 0 Å². The second-order valence-electron chi connectivity index (χ2n) is 10.4. The van der Waals surface area contributed by atoms with Crippen molar-refractivity contribution < 1.29 is 4.74 Å². The molecule has 0 amide bonds. The van der Waals surface area contributed by atoms with E-state index in [0.717, 1.165) is 5.75 Å². The fourth-order valence-electron chi connectivity index (χ4n) is 4.85. The number of aryl methyl sites for hydroxylation is 1. The minimum absolute atomic E-state index is 0.0356. The molecule has 2 aromatic carbocycles. The van der Waals surface area contributed by atoms with Crippen LogP contribution in [-0.4, -0.2) is 0 Å². The van der Waals surface area contributed by atoms with Crippen molar-refractivity contribution in [1.29, 1.82) is 0 Å². The van der Waals surface area contributed by atoms with Gasteiger partial charge in [-0.1, -0.05) is 72.7 Å². The molecule has 1 aliphatic carbocycles. The molecule has 3 rings (SSSR count). The zero-order valence-corrected chi connectivity index (χ0v) is 19.3. The van der Waals surface area contributed by atoms with Crippen LogP contribution >= 0.6 is 0 Å². The van der Waals surface area contributed by atoms with Gasteiger partial charge in [-0.2, -0.15) is 0 Å². The van der Waals surface area contributed by atoms with Crippen LogP contribution in [0.1, 0.15) is 102 Å². The van der Waals surface area contributed by atoms with Crippen LogP contribution in [0.15, 0.2) is 36.4 Å². The second-order valence-corrected chi connectivity index (χ2v) is 10.4. The molecule has 0 N–H and O–H groups in total. The van der Waals surface area contributed by atoms with E-state index < -0.39 is 0 Å². The van der Waals surface area contributed by atoms with Gasteiger partial charge in [-0.25, -0.2) is 0 Å². The molecule has 0 aliphatic heterocycles. The molecule has 0 heterocycles. The molecular formula is C27H38O. The molecule has 0 spiro atoms. The van der Waals surface area contributed by atoms with Crippen molar-refractivity contribution in [2.75, 3.05) is 0 Å². The summed E-state index contributed by atoms with van der Waals surface area (Å²) in [6.45, 7) is 20.9. The van der Waals surface area contributed by atoms with Crippen LogP contribution < -0.4 is 4.74 Å². The van der Waals surface area contributed by atoms with Gasteiger partial charge in [-0.15, -0.1) is 0 Å². The molecule has 0 radical (unpaired) electrons. The highest BCUT2D eigenvalue weighted by molar-refractivity contribution is 5.48. The predicted octanol–water partition coefficient (Wildman–Crippen LogP) is 7.85. The summed E-state index contributed by atoms with van der Waals surface area (Å²) in [5.41, 5.74) is 7.43. The van der Waals surface area contributed by atoms with Gasteiger partial charge >= 0.3 is 0 Å². The highest BCUT2D eigenvalue weighted by Crippen LogP contribution is 2.50. The third-order valence-corrected chi connectivity index (χ3v) is 7.18. The Hall–Kier alpha value is -1.76. The fourth-order valence-corrected chi connectivity index (χ4v) is 4.85. The summed E-state index contributed by atoms with van der Waals surface area (Å²) in [5, 5.41) is 0. The van der Waals surface area contributed by atoms with Crippen LogP contribution in [0.2, 0.25) is 0 Å². The largest absolute Gasteiger partial charge is 0.486 e. The van der Waals surface area contributed by atoms with Gasteiger partial charge in [0.15, 0.2) is 0 Å². The number of hydrogen-bond donors (Lipinski definition) is 0. The third-order valence-electron chi connectivity index (χ3n) is 7.18. The molecule has 0 aromatic heterocycles. The van der Waals surface area contributed by atoms with Gasteiger partial charge in [0.2, 0.25) is 0 Å². The van der Waals surface area contributed by atoms with E-state index in [2.05, 4.69) is 98.7 Å². The van der Waals surface area contributed by atoms with Crippen molar-refractivity contribution in [2.45, 2.75) is 91.6 Å². The predicted molar refractivity (Wildman–Crippen MR) is 121 cm³/mol. The number of fused-ring (bicyclic) bond motifs is 1. The molecule has 2 aromatic rings. The van der Waals surface area contributed by atoms with Crippen LogP contribution in [-0.2, 0) is 10.8 Å². The van der Waals surface area contributed by atoms with E-state index in [-0.39, 0.29) is 16.9 Å². The van der Waals surface area contributed by atoms with E-state index in [9.17, 15) is 0 Å². The van der Waals surface area contributed by atoms with Gasteiger partial charge in [0.1, 0.15) is 11.9 Å². The summed E-state index contributed by atoms with van der Waals surface area (Å²) in [7, 11) is 0. The van der Waals surface area contributed by atoms with Crippen molar-refractivity contribution in [1.82, 2.24) is 0 Å². The number of benzene rings is 2. The lowest BCUT2D eigenvalue weighted by atomic mass is 9.58. The standard InChI is InChI=1S/C27H38O/c1-17(2)21-10-12-22(13-11-21)28-20(5)23-15-24-25(14-18(23)3)27(8,9)19(4)16-26(24,6)7/h10-15,17,19-20H,16H2,1-9H3. The molecule has 1 aliphatic rings. The molecule has 0 saturated heterocycles. The first-order valence-electron chi connectivity index (χ1n) is 10.9. The quantitative estimate of drug-likeness (QED) is 0.526. The van der Waals surface area contributed by atoms with E-state index in [1.54, 1.807) is 0 Å². The lowest BCUT2D eigenvalue weighted by Crippen LogP contribution is -2.40. The number of ether oxygens (including phenoxy) is 1. The van der Waals surface area contributed by atoms with Crippen LogP contribution in [0.4, 0.5) is 0 Å². The number of hydrogen-bond acceptors (Lipinski definition) is 1. The fraction of sp³-hybridized carbons (Fsp3) is 0.556. The molecular weight excluding hydrogens is 340 g/mol. The normalized spacial score (nSPS) is 21.3. The molecule has 152 valence electrons. The van der Waals surface area contributed by atoms with Crippen LogP contribution in [0.5, 0.6) is 5.75 Å². The van der Waals surface area contributed by atoms with Gasteiger partial charge < -0.3 is 4.74 Å². The maximum atomic E-state index is 6.35. The molecule has 2 atom stereocenters. The average Bonchev–Trinajstić information content (AvgIpc) is 2.60. The first-order valence-corrected chi connectivity index (χ1v) is 10.9. The molecule has 1 nitrogen and oxygen atoms in total. The van der Waals surface area contributed by atoms with E-state index in [0.29, 0.717) is 11.8 Å². The Morgan fingerprint density at radius 3 is 2.11 bits per heavy atom. The second kappa shape index (κ2) is 7.25. The van der Waals surface area contributed by atoms with Crippen molar-refractivity contribution in [2.24, 2.45) is 5.92 Å². The first kappa shape index (κ1) is 21.0. The third kappa shape index (κ3) is 3.73. The highest BCUT2D eigenvalue weighted by Gasteiger charge is 2.42. The Morgan fingerprint density at radius 1 is 0.929 bits per heavy atom. The summed E-state index contributed by atoms with van der Waals surface area (Å²) in [6, 6.07) is 13.4. The Bertz CT molecular complexity index is 839. The monoisotopic (exact) mass is 378 g/mol. The Labute approximate surface area is 172 Å². The van der Waals surface area contributed by atoms with Crippen molar-refractivity contribution in [3.8, 4) is 5.75 Å². The maximum Gasteiger partial charge on any atom is 0.121 e. The topological polar surface area (TPSA) is 9.23 Å². The highest BCUT2D eigenvalue weighted by atomic mass is 16.5. The van der Waals surface area contributed by atoms with Crippen molar-refractivity contribution >= 4 is 0 Å². The lowest BCUT2D eigenvalue weighted by Gasteiger charge is -2.47. The molecule has 0 bridgehead atoms.